The van der Waals surface area contributed by atoms with Crippen molar-refractivity contribution in [2.24, 2.45) is 4.99 Å². The van der Waals surface area contributed by atoms with Crippen LogP contribution in [0.1, 0.15) is 39.7 Å². The van der Waals surface area contributed by atoms with E-state index >= 15 is 0 Å². The van der Waals surface area contributed by atoms with Crippen LogP contribution in [-0.2, 0) is 11.3 Å². The Kier molecular flexibility index (Phi) is 10.7. The van der Waals surface area contributed by atoms with Crippen molar-refractivity contribution in [1.82, 2.24) is 16.0 Å². The highest BCUT2D eigenvalue weighted by atomic mass is 19.3. The number of guanidine groups is 1. The van der Waals surface area contributed by atoms with Gasteiger partial charge in [-0.1, -0.05) is 0 Å². The zero-order valence-electron chi connectivity index (χ0n) is 18.2. The second-order valence-corrected chi connectivity index (χ2v) is 7.26. The molecule has 0 aliphatic rings. The van der Waals surface area contributed by atoms with Gasteiger partial charge in [0.15, 0.2) is 5.96 Å². The van der Waals surface area contributed by atoms with Gasteiger partial charge >= 0.3 is 12.7 Å². The molecule has 0 aromatic heterocycles. The summed E-state index contributed by atoms with van der Waals surface area (Å²) < 4.78 is 40.1. The van der Waals surface area contributed by atoms with Gasteiger partial charge in [0.05, 0.1) is 13.7 Å². The molecule has 0 radical (unpaired) electrons. The van der Waals surface area contributed by atoms with E-state index in [2.05, 4.69) is 25.7 Å². The number of rotatable bonds is 10. The van der Waals surface area contributed by atoms with Crippen LogP contribution in [0.5, 0.6) is 11.5 Å². The molecule has 0 unspecified atom stereocenters. The Bertz CT molecular complexity index is 694. The van der Waals surface area contributed by atoms with Crippen molar-refractivity contribution in [2.75, 3.05) is 26.7 Å². The van der Waals surface area contributed by atoms with E-state index in [9.17, 15) is 13.6 Å². The minimum absolute atomic E-state index is 0.0481. The second kappa shape index (κ2) is 12.7. The Hall–Kier alpha value is -2.78. The van der Waals surface area contributed by atoms with Crippen LogP contribution in [0.2, 0.25) is 0 Å². The van der Waals surface area contributed by atoms with Crippen molar-refractivity contribution in [1.29, 1.82) is 0 Å². The fourth-order valence-electron chi connectivity index (χ4n) is 2.32. The molecule has 1 amide bonds. The summed E-state index contributed by atoms with van der Waals surface area (Å²) in [5.41, 5.74) is -0.0707. The van der Waals surface area contributed by atoms with Gasteiger partial charge in [-0.15, -0.1) is 0 Å². The molecule has 170 valence electrons. The normalized spacial score (nSPS) is 11.8. The zero-order chi connectivity index (χ0) is 22.6. The highest BCUT2D eigenvalue weighted by molar-refractivity contribution is 5.79. The fraction of sp³-hybridized carbons (Fsp3) is 0.600. The molecular weight excluding hydrogens is 398 g/mol. The Labute approximate surface area is 176 Å². The van der Waals surface area contributed by atoms with Gasteiger partial charge in [0.2, 0.25) is 0 Å². The van der Waals surface area contributed by atoms with Crippen molar-refractivity contribution < 1.29 is 27.8 Å². The molecule has 0 saturated heterocycles. The molecule has 0 fully saturated rings. The van der Waals surface area contributed by atoms with Gasteiger partial charge in [-0.2, -0.15) is 8.78 Å². The molecule has 0 bridgehead atoms. The number of benzene rings is 1. The highest BCUT2D eigenvalue weighted by Gasteiger charge is 2.15. The SMILES string of the molecule is CCNC(=NCc1cc(OC)ccc1OC(F)F)NCCCNC(=O)OC(C)(C)C. The summed E-state index contributed by atoms with van der Waals surface area (Å²) in [5, 5.41) is 8.89. The maximum absolute atomic E-state index is 12.6. The number of nitrogens with zero attached hydrogens (tertiary/aromatic N) is 1. The molecule has 1 aromatic carbocycles. The molecule has 0 heterocycles. The van der Waals surface area contributed by atoms with Crippen LogP contribution in [0, 0.1) is 0 Å². The number of methoxy groups -OCH3 is 1. The van der Waals surface area contributed by atoms with Gasteiger partial charge in [-0.05, 0) is 52.3 Å². The molecule has 8 nitrogen and oxygen atoms in total. The van der Waals surface area contributed by atoms with Crippen molar-refractivity contribution >= 4 is 12.1 Å². The van der Waals surface area contributed by atoms with Crippen LogP contribution in [-0.4, -0.2) is 51.0 Å². The van der Waals surface area contributed by atoms with Gasteiger partial charge in [-0.25, -0.2) is 9.79 Å². The first-order valence-corrected chi connectivity index (χ1v) is 9.75. The summed E-state index contributed by atoms with van der Waals surface area (Å²) in [4.78, 5) is 16.0. The number of carbonyl (C=O) groups is 1. The number of halogens is 2. The third kappa shape index (κ3) is 10.7. The predicted octanol–water partition coefficient (Wildman–Crippen LogP) is 3.27. The van der Waals surface area contributed by atoms with Gasteiger partial charge < -0.3 is 30.2 Å². The third-order valence-electron chi connectivity index (χ3n) is 3.55. The predicted molar refractivity (Wildman–Crippen MR) is 111 cm³/mol. The zero-order valence-corrected chi connectivity index (χ0v) is 18.2. The first-order chi connectivity index (χ1) is 14.1. The molecule has 0 aliphatic heterocycles. The molecule has 10 heteroatoms. The molecule has 0 atom stereocenters. The van der Waals surface area contributed by atoms with Crippen molar-refractivity contribution in [3.8, 4) is 11.5 Å². The minimum Gasteiger partial charge on any atom is -0.497 e. The maximum atomic E-state index is 12.6. The van der Waals surface area contributed by atoms with E-state index in [0.29, 0.717) is 43.3 Å². The smallest absolute Gasteiger partial charge is 0.407 e. The van der Waals surface area contributed by atoms with E-state index in [-0.39, 0.29) is 12.3 Å². The highest BCUT2D eigenvalue weighted by Crippen LogP contribution is 2.26. The summed E-state index contributed by atoms with van der Waals surface area (Å²) >= 11 is 0. The van der Waals surface area contributed by atoms with E-state index < -0.39 is 18.3 Å². The quantitative estimate of drug-likeness (QED) is 0.300. The number of aliphatic imine (C=N–C) groups is 1. The lowest BCUT2D eigenvalue weighted by Gasteiger charge is -2.19. The fourth-order valence-corrected chi connectivity index (χ4v) is 2.32. The Morgan fingerprint density at radius 2 is 1.87 bits per heavy atom. The van der Waals surface area contributed by atoms with Crippen LogP contribution < -0.4 is 25.4 Å². The van der Waals surface area contributed by atoms with Gasteiger partial charge in [0.25, 0.3) is 0 Å². The van der Waals surface area contributed by atoms with Crippen LogP contribution in [0.3, 0.4) is 0 Å². The number of hydrogen-bond donors (Lipinski definition) is 3. The van der Waals surface area contributed by atoms with Gasteiger partial charge in [-0.3, -0.25) is 0 Å². The number of alkyl carbamates (subject to hydrolysis) is 1. The number of amides is 1. The van der Waals surface area contributed by atoms with Crippen molar-refractivity contribution in [3.63, 3.8) is 0 Å². The van der Waals surface area contributed by atoms with Crippen LogP contribution in [0.4, 0.5) is 13.6 Å². The lowest BCUT2D eigenvalue weighted by Crippen LogP contribution is -2.39. The summed E-state index contributed by atoms with van der Waals surface area (Å²) in [5.74, 6) is 1.08. The number of ether oxygens (including phenoxy) is 3. The van der Waals surface area contributed by atoms with Crippen LogP contribution >= 0.6 is 0 Å². The van der Waals surface area contributed by atoms with E-state index in [1.165, 1.54) is 13.2 Å². The molecule has 0 aliphatic carbocycles. The minimum atomic E-state index is -2.93. The Morgan fingerprint density at radius 3 is 2.47 bits per heavy atom. The standard InChI is InChI=1S/C20H32F2N4O4/c1-6-23-18(24-10-7-11-25-19(27)30-20(2,3)4)26-13-14-12-15(28-5)8-9-16(14)29-17(21)22/h8-9,12,17H,6-7,10-11,13H2,1-5H3,(H,25,27)(H2,23,24,26). The monoisotopic (exact) mass is 430 g/mol. The molecule has 1 rings (SSSR count). The number of alkyl halides is 2. The van der Waals surface area contributed by atoms with Gasteiger partial charge in [0.1, 0.15) is 17.1 Å². The average Bonchev–Trinajstić information content (AvgIpc) is 2.64. The second-order valence-electron chi connectivity index (χ2n) is 7.26. The number of carbonyl (C=O) groups excluding carboxylic acids is 1. The maximum Gasteiger partial charge on any atom is 0.407 e. The summed E-state index contributed by atoms with van der Waals surface area (Å²) in [6, 6.07) is 4.58. The van der Waals surface area contributed by atoms with E-state index in [1.807, 2.05) is 6.92 Å². The summed E-state index contributed by atoms with van der Waals surface area (Å²) in [6.45, 7) is 6.10. The lowest BCUT2D eigenvalue weighted by atomic mass is 10.2. The van der Waals surface area contributed by atoms with Crippen molar-refractivity contribution in [2.45, 2.75) is 52.9 Å². The molecular formula is C20H32F2N4O4. The summed E-state index contributed by atoms with van der Waals surface area (Å²) in [6.07, 6.45) is 0.176. The Morgan fingerprint density at radius 1 is 1.17 bits per heavy atom. The molecule has 0 spiro atoms. The topological polar surface area (TPSA) is 93.2 Å². The molecule has 0 saturated carbocycles. The third-order valence-corrected chi connectivity index (χ3v) is 3.55. The van der Waals surface area contributed by atoms with Crippen LogP contribution in [0.15, 0.2) is 23.2 Å². The van der Waals surface area contributed by atoms with Crippen LogP contribution in [0.25, 0.3) is 0 Å². The molecule has 3 N–H and O–H groups in total. The van der Waals surface area contributed by atoms with E-state index in [0.717, 1.165) is 0 Å². The number of nitrogens with one attached hydrogen (secondary N) is 3. The van der Waals surface area contributed by atoms with Crippen molar-refractivity contribution in [3.05, 3.63) is 23.8 Å². The van der Waals surface area contributed by atoms with Gasteiger partial charge in [0, 0.05) is 25.2 Å². The Balaban J connectivity index is 2.61. The molecule has 1 aromatic rings. The lowest BCUT2D eigenvalue weighted by molar-refractivity contribution is -0.0504. The average molecular weight is 430 g/mol. The first-order valence-electron chi connectivity index (χ1n) is 9.75. The largest absolute Gasteiger partial charge is 0.497 e. The summed E-state index contributed by atoms with van der Waals surface area (Å²) in [7, 11) is 1.49. The van der Waals surface area contributed by atoms with E-state index in [4.69, 9.17) is 9.47 Å². The first kappa shape index (κ1) is 25.3. The number of hydrogen-bond acceptors (Lipinski definition) is 5. The molecule has 30 heavy (non-hydrogen) atoms. The van der Waals surface area contributed by atoms with E-state index in [1.54, 1.807) is 32.9 Å².